The first-order valence-electron chi connectivity index (χ1n) is 6.66. The van der Waals surface area contributed by atoms with Gasteiger partial charge in [0.25, 0.3) is 0 Å². The monoisotopic (exact) mass is 296 g/mol. The molecule has 1 heterocycles. The van der Waals surface area contributed by atoms with E-state index in [4.69, 9.17) is 16.6 Å². The molecule has 0 N–H and O–H groups in total. The summed E-state index contributed by atoms with van der Waals surface area (Å²) in [5.74, 6) is 2.14. The van der Waals surface area contributed by atoms with Crippen molar-refractivity contribution in [3.05, 3.63) is 29.6 Å². The molecule has 0 amide bonds. The van der Waals surface area contributed by atoms with Gasteiger partial charge in [-0.3, -0.25) is 0 Å². The molecule has 2 atom stereocenters. The molecule has 0 aliphatic heterocycles. The van der Waals surface area contributed by atoms with Gasteiger partial charge < -0.3 is 4.57 Å². The van der Waals surface area contributed by atoms with E-state index >= 15 is 0 Å². The molecule has 2 unspecified atom stereocenters. The second-order valence-electron chi connectivity index (χ2n) is 5.03. The van der Waals surface area contributed by atoms with Gasteiger partial charge in [-0.05, 0) is 50.8 Å². The second-order valence-corrected chi connectivity index (χ2v) is 6.67. The van der Waals surface area contributed by atoms with E-state index in [1.54, 1.807) is 0 Å². The topological polar surface area (TPSA) is 17.8 Å². The number of hydrogen-bond acceptors (Lipinski definition) is 2. The quantitative estimate of drug-likeness (QED) is 0.726. The summed E-state index contributed by atoms with van der Waals surface area (Å²) in [7, 11) is 0. The number of aryl methyl sites for hydroxylation is 1. The fraction of sp³-hybridized carbons (Fsp3) is 0.533. The number of aromatic nitrogens is 2. The van der Waals surface area contributed by atoms with Gasteiger partial charge in [-0.2, -0.15) is 11.8 Å². The zero-order chi connectivity index (χ0) is 14.0. The summed E-state index contributed by atoms with van der Waals surface area (Å²) in [5.41, 5.74) is 3.50. The van der Waals surface area contributed by atoms with Crippen molar-refractivity contribution in [2.24, 2.45) is 0 Å². The molecule has 0 saturated carbocycles. The number of rotatable bonds is 5. The maximum atomic E-state index is 6.32. The normalized spacial score (nSPS) is 14.8. The van der Waals surface area contributed by atoms with Gasteiger partial charge in [-0.25, -0.2) is 4.98 Å². The maximum Gasteiger partial charge on any atom is 0.127 e. The van der Waals surface area contributed by atoms with Crippen LogP contribution in [0, 0.1) is 6.92 Å². The first kappa shape index (κ1) is 14.7. The Kier molecular flexibility index (Phi) is 4.80. The van der Waals surface area contributed by atoms with Gasteiger partial charge in [-0.1, -0.05) is 12.1 Å². The third-order valence-corrected chi connectivity index (χ3v) is 4.32. The van der Waals surface area contributed by atoms with E-state index in [1.807, 2.05) is 18.7 Å². The summed E-state index contributed by atoms with van der Waals surface area (Å²) in [6.45, 7) is 6.35. The van der Waals surface area contributed by atoms with Gasteiger partial charge >= 0.3 is 0 Å². The SMILES string of the molecule is CSCCC(C)n1c(C(C)Cl)nc2c(C)cccc21. The average Bonchev–Trinajstić information content (AvgIpc) is 2.77. The summed E-state index contributed by atoms with van der Waals surface area (Å²) >= 11 is 8.20. The van der Waals surface area contributed by atoms with E-state index in [9.17, 15) is 0 Å². The summed E-state index contributed by atoms with van der Waals surface area (Å²) in [4.78, 5) is 4.77. The fourth-order valence-electron chi connectivity index (χ4n) is 2.44. The van der Waals surface area contributed by atoms with Gasteiger partial charge in [0.2, 0.25) is 0 Å². The minimum atomic E-state index is -0.0662. The van der Waals surface area contributed by atoms with Crippen molar-refractivity contribution in [3.63, 3.8) is 0 Å². The Balaban J connectivity index is 2.55. The molecular formula is C15H21ClN2S. The van der Waals surface area contributed by atoms with Crippen molar-refractivity contribution < 1.29 is 0 Å². The Morgan fingerprint density at radius 1 is 1.37 bits per heavy atom. The second kappa shape index (κ2) is 6.19. The highest BCUT2D eigenvalue weighted by Gasteiger charge is 2.19. The predicted octanol–water partition coefficient (Wildman–Crippen LogP) is 4.96. The molecule has 0 bridgehead atoms. The van der Waals surface area contributed by atoms with Crippen LogP contribution in [0.5, 0.6) is 0 Å². The number of nitrogens with zero attached hydrogens (tertiary/aromatic N) is 2. The van der Waals surface area contributed by atoms with Gasteiger partial charge in [0.1, 0.15) is 5.82 Å². The van der Waals surface area contributed by atoms with E-state index in [-0.39, 0.29) is 5.38 Å². The smallest absolute Gasteiger partial charge is 0.127 e. The third kappa shape index (κ3) is 2.92. The van der Waals surface area contributed by atoms with Crippen LogP contribution in [0.4, 0.5) is 0 Å². The minimum absolute atomic E-state index is 0.0662. The first-order valence-corrected chi connectivity index (χ1v) is 8.49. The Hall–Kier alpha value is -0.670. The van der Waals surface area contributed by atoms with Crippen LogP contribution in [0.3, 0.4) is 0 Å². The molecule has 2 rings (SSSR count). The molecule has 19 heavy (non-hydrogen) atoms. The molecule has 0 fully saturated rings. The molecule has 104 valence electrons. The van der Waals surface area contributed by atoms with Crippen LogP contribution >= 0.6 is 23.4 Å². The summed E-state index contributed by atoms with van der Waals surface area (Å²) < 4.78 is 2.32. The van der Waals surface area contributed by atoms with E-state index in [2.05, 4.69) is 42.9 Å². The molecule has 0 spiro atoms. The first-order chi connectivity index (χ1) is 9.06. The number of benzene rings is 1. The minimum Gasteiger partial charge on any atom is -0.324 e. The number of fused-ring (bicyclic) bond motifs is 1. The molecule has 1 aromatic heterocycles. The van der Waals surface area contributed by atoms with Crippen LogP contribution in [-0.4, -0.2) is 21.6 Å². The lowest BCUT2D eigenvalue weighted by atomic mass is 10.2. The highest BCUT2D eigenvalue weighted by Crippen LogP contribution is 2.30. The molecule has 1 aromatic carbocycles. The summed E-state index contributed by atoms with van der Waals surface area (Å²) in [6.07, 6.45) is 3.28. The molecule has 0 radical (unpaired) electrons. The molecule has 2 nitrogen and oxygen atoms in total. The summed E-state index contributed by atoms with van der Waals surface area (Å²) in [5, 5.41) is -0.0662. The van der Waals surface area contributed by atoms with E-state index in [1.165, 1.54) is 11.1 Å². The number of imidazole rings is 1. The number of hydrogen-bond donors (Lipinski definition) is 0. The van der Waals surface area contributed by atoms with Crippen molar-refractivity contribution in [1.29, 1.82) is 0 Å². The Morgan fingerprint density at radius 3 is 2.74 bits per heavy atom. The van der Waals surface area contributed by atoms with Crippen molar-refractivity contribution in [1.82, 2.24) is 9.55 Å². The van der Waals surface area contributed by atoms with Crippen molar-refractivity contribution in [2.45, 2.75) is 38.6 Å². The molecule has 4 heteroatoms. The van der Waals surface area contributed by atoms with Crippen LogP contribution in [0.1, 0.15) is 43.1 Å². The van der Waals surface area contributed by atoms with Crippen molar-refractivity contribution in [2.75, 3.05) is 12.0 Å². The number of thioether (sulfide) groups is 1. The number of halogens is 1. The lowest BCUT2D eigenvalue weighted by molar-refractivity contribution is 0.526. The zero-order valence-electron chi connectivity index (χ0n) is 12.0. The Morgan fingerprint density at radius 2 is 2.11 bits per heavy atom. The van der Waals surface area contributed by atoms with Crippen LogP contribution in [0.15, 0.2) is 18.2 Å². The maximum absolute atomic E-state index is 6.32. The van der Waals surface area contributed by atoms with Crippen LogP contribution in [0.25, 0.3) is 11.0 Å². The largest absolute Gasteiger partial charge is 0.324 e. The standard InChI is InChI=1S/C15H21ClN2S/c1-10-6-5-7-13-14(10)17-15(12(3)16)18(13)11(2)8-9-19-4/h5-7,11-12H,8-9H2,1-4H3. The van der Waals surface area contributed by atoms with Gasteiger partial charge in [0, 0.05) is 6.04 Å². The van der Waals surface area contributed by atoms with Gasteiger partial charge in [-0.15, -0.1) is 11.6 Å². The molecule has 0 saturated heterocycles. The van der Waals surface area contributed by atoms with Crippen LogP contribution in [-0.2, 0) is 0 Å². The Labute approximate surface area is 124 Å². The van der Waals surface area contributed by atoms with Crippen molar-refractivity contribution in [3.8, 4) is 0 Å². The van der Waals surface area contributed by atoms with Crippen molar-refractivity contribution >= 4 is 34.4 Å². The van der Waals surface area contributed by atoms with E-state index in [0.29, 0.717) is 6.04 Å². The highest BCUT2D eigenvalue weighted by molar-refractivity contribution is 7.98. The molecular weight excluding hydrogens is 276 g/mol. The van der Waals surface area contributed by atoms with E-state index in [0.717, 1.165) is 23.5 Å². The highest BCUT2D eigenvalue weighted by atomic mass is 35.5. The average molecular weight is 297 g/mol. The van der Waals surface area contributed by atoms with E-state index < -0.39 is 0 Å². The lowest BCUT2D eigenvalue weighted by Gasteiger charge is -2.18. The molecule has 0 aliphatic rings. The van der Waals surface area contributed by atoms with Crippen LogP contribution in [0.2, 0.25) is 0 Å². The Bertz CT molecular complexity index is 563. The fourth-order valence-corrected chi connectivity index (χ4v) is 3.17. The third-order valence-electron chi connectivity index (χ3n) is 3.49. The number of alkyl halides is 1. The van der Waals surface area contributed by atoms with Gasteiger partial charge in [0.15, 0.2) is 0 Å². The predicted molar refractivity (Wildman–Crippen MR) is 86.4 cm³/mol. The zero-order valence-corrected chi connectivity index (χ0v) is 13.6. The summed E-state index contributed by atoms with van der Waals surface area (Å²) in [6, 6.07) is 6.78. The molecule has 2 aromatic rings. The van der Waals surface area contributed by atoms with Crippen LogP contribution < -0.4 is 0 Å². The lowest BCUT2D eigenvalue weighted by Crippen LogP contribution is -2.10. The number of para-hydroxylation sites is 1. The van der Waals surface area contributed by atoms with Gasteiger partial charge in [0.05, 0.1) is 16.4 Å². The molecule has 0 aliphatic carbocycles.